The normalized spacial score (nSPS) is 12.4. The molecule has 54 heavy (non-hydrogen) atoms. The molecule has 0 saturated carbocycles. The second-order valence-corrected chi connectivity index (χ2v) is 14.9. The molecule has 0 fully saturated rings. The van der Waals surface area contributed by atoms with Crippen molar-refractivity contribution >= 4 is 17.9 Å². The summed E-state index contributed by atoms with van der Waals surface area (Å²) in [6.45, 7) is 6.43. The summed E-state index contributed by atoms with van der Waals surface area (Å²) in [7, 11) is 0. The van der Waals surface area contributed by atoms with Crippen LogP contribution in [0.25, 0.3) is 0 Å². The molecule has 312 valence electrons. The predicted octanol–water partition coefficient (Wildman–Crippen LogP) is 14.4. The number of ether oxygens (including phenoxy) is 3. The van der Waals surface area contributed by atoms with E-state index in [9.17, 15) is 14.4 Å². The number of carbonyl (C=O) groups excluding carboxylic acids is 3. The van der Waals surface area contributed by atoms with E-state index in [4.69, 9.17) is 14.2 Å². The van der Waals surface area contributed by atoms with Gasteiger partial charge >= 0.3 is 17.9 Å². The number of esters is 3. The van der Waals surface area contributed by atoms with E-state index in [-0.39, 0.29) is 37.5 Å². The van der Waals surface area contributed by atoms with E-state index in [0.29, 0.717) is 19.3 Å². The van der Waals surface area contributed by atoms with Crippen molar-refractivity contribution in [1.82, 2.24) is 0 Å². The predicted molar refractivity (Wildman–Crippen MR) is 229 cm³/mol. The van der Waals surface area contributed by atoms with Crippen molar-refractivity contribution in [1.29, 1.82) is 0 Å². The summed E-state index contributed by atoms with van der Waals surface area (Å²) in [6.07, 6.45) is 49.5. The standard InChI is InChI=1S/C48H84O6/c1-4-7-10-13-16-19-22-24-27-29-32-35-38-41-47(50)53-44-45(43-52-46(49)40-37-34-31-28-25-21-18-15-12-9-6-3)54-48(51)42-39-36-33-30-26-23-20-17-14-11-8-5-2/h8,11,15,17-18,20,26,30,45H,4-7,9-10,12-14,16,19,21-25,27-29,31-44H2,1-3H3/b11-8-,18-15-,20-17-,30-26-. The van der Waals surface area contributed by atoms with Gasteiger partial charge in [0.2, 0.25) is 0 Å². The fraction of sp³-hybridized carbons (Fsp3) is 0.771. The monoisotopic (exact) mass is 757 g/mol. The van der Waals surface area contributed by atoms with Gasteiger partial charge in [-0.2, -0.15) is 0 Å². The van der Waals surface area contributed by atoms with Crippen LogP contribution in [0.4, 0.5) is 0 Å². The van der Waals surface area contributed by atoms with Gasteiger partial charge in [0.25, 0.3) is 0 Å². The van der Waals surface area contributed by atoms with E-state index in [1.54, 1.807) is 0 Å². The number of hydrogen-bond acceptors (Lipinski definition) is 6. The summed E-state index contributed by atoms with van der Waals surface area (Å²) in [5.74, 6) is -0.941. The largest absolute Gasteiger partial charge is 0.462 e. The third kappa shape index (κ3) is 40.6. The quantitative estimate of drug-likeness (QED) is 0.0268. The summed E-state index contributed by atoms with van der Waals surface area (Å²) >= 11 is 0. The van der Waals surface area contributed by atoms with E-state index in [0.717, 1.165) is 77.0 Å². The highest BCUT2D eigenvalue weighted by Gasteiger charge is 2.19. The molecule has 0 bridgehead atoms. The van der Waals surface area contributed by atoms with Gasteiger partial charge in [0, 0.05) is 19.3 Å². The molecule has 0 aromatic heterocycles. The highest BCUT2D eigenvalue weighted by Crippen LogP contribution is 2.14. The lowest BCUT2D eigenvalue weighted by Gasteiger charge is -2.18. The SMILES string of the molecule is CC/C=C\C/C=C\C/C=C\CCCCC(=O)OC(COC(=O)CCCCCCC/C=C\CCCC)COC(=O)CCCCCCCCCCCCCCC. The van der Waals surface area contributed by atoms with E-state index >= 15 is 0 Å². The van der Waals surface area contributed by atoms with Gasteiger partial charge in [-0.25, -0.2) is 0 Å². The minimum Gasteiger partial charge on any atom is -0.462 e. The van der Waals surface area contributed by atoms with Gasteiger partial charge in [-0.3, -0.25) is 14.4 Å². The molecule has 0 aliphatic carbocycles. The fourth-order valence-electron chi connectivity index (χ4n) is 6.14. The molecule has 1 unspecified atom stereocenters. The highest BCUT2D eigenvalue weighted by molar-refractivity contribution is 5.71. The molecular weight excluding hydrogens is 673 g/mol. The zero-order valence-electron chi connectivity index (χ0n) is 35.5. The van der Waals surface area contributed by atoms with Crippen molar-refractivity contribution in [3.63, 3.8) is 0 Å². The Morgan fingerprint density at radius 3 is 1.24 bits per heavy atom. The Bertz CT molecular complexity index is 964. The maximum Gasteiger partial charge on any atom is 0.306 e. The van der Waals surface area contributed by atoms with Gasteiger partial charge in [0.05, 0.1) is 0 Å². The zero-order valence-corrected chi connectivity index (χ0v) is 35.5. The average Bonchev–Trinajstić information content (AvgIpc) is 3.17. The summed E-state index contributed by atoms with van der Waals surface area (Å²) in [4.78, 5) is 37.7. The molecule has 0 rings (SSSR count). The molecule has 0 heterocycles. The second kappa shape index (κ2) is 43.1. The van der Waals surface area contributed by atoms with Crippen LogP contribution in [-0.2, 0) is 28.6 Å². The summed E-state index contributed by atoms with van der Waals surface area (Å²) in [5.41, 5.74) is 0. The first-order valence-corrected chi connectivity index (χ1v) is 22.6. The van der Waals surface area contributed by atoms with E-state index in [1.165, 1.54) is 96.3 Å². The van der Waals surface area contributed by atoms with Crippen molar-refractivity contribution < 1.29 is 28.6 Å². The summed E-state index contributed by atoms with van der Waals surface area (Å²) in [5, 5.41) is 0. The Labute approximate surface area is 333 Å². The van der Waals surface area contributed by atoms with Crippen LogP contribution in [0.1, 0.15) is 220 Å². The number of hydrogen-bond donors (Lipinski definition) is 0. The van der Waals surface area contributed by atoms with Gasteiger partial charge in [-0.05, 0) is 70.6 Å². The van der Waals surface area contributed by atoms with Crippen LogP contribution in [-0.4, -0.2) is 37.2 Å². The third-order valence-electron chi connectivity index (χ3n) is 9.57. The second-order valence-electron chi connectivity index (χ2n) is 14.9. The molecule has 0 radical (unpaired) electrons. The summed E-state index contributed by atoms with van der Waals surface area (Å²) in [6, 6.07) is 0. The molecule has 0 spiro atoms. The highest BCUT2D eigenvalue weighted by atomic mass is 16.6. The van der Waals surface area contributed by atoms with Crippen LogP contribution < -0.4 is 0 Å². The molecule has 6 heteroatoms. The Morgan fingerprint density at radius 1 is 0.389 bits per heavy atom. The minimum absolute atomic E-state index is 0.0896. The molecule has 0 aliphatic rings. The lowest BCUT2D eigenvalue weighted by molar-refractivity contribution is -0.167. The van der Waals surface area contributed by atoms with Gasteiger partial charge in [-0.1, -0.05) is 179 Å². The van der Waals surface area contributed by atoms with Crippen LogP contribution in [0.5, 0.6) is 0 Å². The summed E-state index contributed by atoms with van der Waals surface area (Å²) < 4.78 is 16.7. The average molecular weight is 757 g/mol. The Kier molecular flexibility index (Phi) is 41.0. The Balaban J connectivity index is 4.43. The van der Waals surface area contributed by atoms with Crippen LogP contribution in [0.15, 0.2) is 48.6 Å². The lowest BCUT2D eigenvalue weighted by Crippen LogP contribution is -2.30. The molecular formula is C48H84O6. The molecule has 1 atom stereocenters. The van der Waals surface area contributed by atoms with E-state index < -0.39 is 6.10 Å². The molecule has 0 aromatic rings. The maximum absolute atomic E-state index is 12.7. The molecule has 0 saturated heterocycles. The molecule has 6 nitrogen and oxygen atoms in total. The number of allylic oxidation sites excluding steroid dienone is 8. The van der Waals surface area contributed by atoms with Gasteiger partial charge in [0.1, 0.15) is 13.2 Å². The Morgan fingerprint density at radius 2 is 0.741 bits per heavy atom. The first-order chi connectivity index (χ1) is 26.5. The molecule has 0 N–H and O–H groups in total. The smallest absolute Gasteiger partial charge is 0.306 e. The van der Waals surface area contributed by atoms with E-state index in [2.05, 4.69) is 69.4 Å². The maximum atomic E-state index is 12.7. The first kappa shape index (κ1) is 51.4. The van der Waals surface area contributed by atoms with Crippen molar-refractivity contribution in [2.24, 2.45) is 0 Å². The van der Waals surface area contributed by atoms with Crippen LogP contribution in [0, 0.1) is 0 Å². The van der Waals surface area contributed by atoms with Crippen molar-refractivity contribution in [2.45, 2.75) is 226 Å². The van der Waals surface area contributed by atoms with Gasteiger partial charge in [0.15, 0.2) is 6.10 Å². The van der Waals surface area contributed by atoms with Gasteiger partial charge < -0.3 is 14.2 Å². The third-order valence-corrected chi connectivity index (χ3v) is 9.57. The van der Waals surface area contributed by atoms with Crippen LogP contribution in [0.2, 0.25) is 0 Å². The molecule has 0 aromatic carbocycles. The lowest BCUT2D eigenvalue weighted by atomic mass is 10.0. The van der Waals surface area contributed by atoms with E-state index in [1.807, 2.05) is 0 Å². The van der Waals surface area contributed by atoms with Crippen molar-refractivity contribution in [3.8, 4) is 0 Å². The van der Waals surface area contributed by atoms with Crippen LogP contribution >= 0.6 is 0 Å². The Hall–Kier alpha value is -2.63. The minimum atomic E-state index is -0.790. The zero-order chi connectivity index (χ0) is 39.4. The topological polar surface area (TPSA) is 78.9 Å². The van der Waals surface area contributed by atoms with Crippen molar-refractivity contribution in [3.05, 3.63) is 48.6 Å². The number of rotatable bonds is 40. The molecule has 0 amide bonds. The number of carbonyl (C=O) groups is 3. The van der Waals surface area contributed by atoms with Gasteiger partial charge in [-0.15, -0.1) is 0 Å². The fourth-order valence-corrected chi connectivity index (χ4v) is 6.14. The van der Waals surface area contributed by atoms with Crippen molar-refractivity contribution in [2.75, 3.05) is 13.2 Å². The first-order valence-electron chi connectivity index (χ1n) is 22.6. The molecule has 0 aliphatic heterocycles. The number of unbranched alkanes of at least 4 members (excludes halogenated alkanes) is 21. The van der Waals surface area contributed by atoms with Crippen LogP contribution in [0.3, 0.4) is 0 Å².